The van der Waals surface area contributed by atoms with E-state index in [-0.39, 0.29) is 6.03 Å². The lowest BCUT2D eigenvalue weighted by atomic mass is 10.3. The number of ether oxygens (including phenoxy) is 1. The Morgan fingerprint density at radius 2 is 1.95 bits per heavy atom. The maximum Gasteiger partial charge on any atom is 0.319 e. The van der Waals surface area contributed by atoms with E-state index in [1.165, 1.54) is 0 Å². The van der Waals surface area contributed by atoms with E-state index in [9.17, 15) is 4.79 Å². The Morgan fingerprint density at radius 1 is 1.14 bits per heavy atom. The minimum absolute atomic E-state index is 0.232. The van der Waals surface area contributed by atoms with Crippen molar-refractivity contribution in [1.29, 1.82) is 0 Å². The lowest BCUT2D eigenvalue weighted by molar-refractivity contribution is 0.247. The lowest BCUT2D eigenvalue weighted by Gasteiger charge is -2.09. The summed E-state index contributed by atoms with van der Waals surface area (Å²) in [4.78, 5) is 12.9. The summed E-state index contributed by atoms with van der Waals surface area (Å²) in [5, 5.41) is 5.55. The van der Waals surface area contributed by atoms with E-state index in [1.807, 2.05) is 60.9 Å². The number of urea groups is 1. The van der Waals surface area contributed by atoms with Gasteiger partial charge in [0.1, 0.15) is 12.4 Å². The fourth-order valence-electron chi connectivity index (χ4n) is 1.73. The number of nitrogens with one attached hydrogen (secondary N) is 2. The summed E-state index contributed by atoms with van der Waals surface area (Å²) in [7, 11) is 0. The topological polar surface area (TPSA) is 50.4 Å². The van der Waals surface area contributed by atoms with Crippen molar-refractivity contribution in [2.45, 2.75) is 4.90 Å². The predicted octanol–water partition coefficient (Wildman–Crippen LogP) is 3.61. The average molecular weight is 302 g/mol. The molecule has 0 aromatic heterocycles. The molecule has 2 rings (SSSR count). The van der Waals surface area contributed by atoms with Crippen LogP contribution >= 0.6 is 11.8 Å². The van der Waals surface area contributed by atoms with Gasteiger partial charge in [-0.1, -0.05) is 24.3 Å². The molecule has 2 N–H and O–H groups in total. The average Bonchev–Trinajstić information content (AvgIpc) is 2.53. The van der Waals surface area contributed by atoms with Crippen LogP contribution in [0.5, 0.6) is 5.75 Å². The van der Waals surface area contributed by atoms with Gasteiger partial charge in [0.15, 0.2) is 0 Å². The van der Waals surface area contributed by atoms with E-state index in [1.54, 1.807) is 11.8 Å². The zero-order valence-electron chi connectivity index (χ0n) is 11.8. The maximum absolute atomic E-state index is 11.7. The zero-order valence-corrected chi connectivity index (χ0v) is 12.7. The first-order valence-electron chi connectivity index (χ1n) is 6.64. The van der Waals surface area contributed by atoms with Crippen LogP contribution < -0.4 is 15.4 Å². The quantitative estimate of drug-likeness (QED) is 0.633. The number of rotatable bonds is 6. The fourth-order valence-corrected chi connectivity index (χ4v) is 2.19. The minimum Gasteiger partial charge on any atom is -0.492 e. The van der Waals surface area contributed by atoms with Crippen LogP contribution in [0.4, 0.5) is 10.5 Å². The number of hydrogen-bond acceptors (Lipinski definition) is 3. The molecule has 0 saturated carbocycles. The summed E-state index contributed by atoms with van der Waals surface area (Å²) in [5.74, 6) is 0.798. The zero-order chi connectivity index (χ0) is 14.9. The van der Waals surface area contributed by atoms with Gasteiger partial charge in [-0.3, -0.25) is 0 Å². The molecule has 2 amide bonds. The van der Waals surface area contributed by atoms with Gasteiger partial charge in [0.2, 0.25) is 0 Å². The third-order valence-electron chi connectivity index (χ3n) is 2.73. The molecule has 0 aliphatic carbocycles. The summed E-state index contributed by atoms with van der Waals surface area (Å²) >= 11 is 1.64. The van der Waals surface area contributed by atoms with Crippen LogP contribution in [0.15, 0.2) is 59.5 Å². The van der Waals surface area contributed by atoms with Gasteiger partial charge in [-0.05, 0) is 36.6 Å². The Labute approximate surface area is 128 Å². The molecule has 0 fully saturated rings. The Balaban J connectivity index is 1.70. The van der Waals surface area contributed by atoms with E-state index in [0.717, 1.165) is 16.3 Å². The van der Waals surface area contributed by atoms with Gasteiger partial charge in [-0.2, -0.15) is 0 Å². The van der Waals surface area contributed by atoms with E-state index < -0.39 is 0 Å². The smallest absolute Gasteiger partial charge is 0.319 e. The molecule has 0 unspecified atom stereocenters. The van der Waals surface area contributed by atoms with Crippen LogP contribution in [0.1, 0.15) is 0 Å². The van der Waals surface area contributed by atoms with Gasteiger partial charge < -0.3 is 15.4 Å². The molecule has 2 aromatic carbocycles. The van der Waals surface area contributed by atoms with Gasteiger partial charge in [0.25, 0.3) is 0 Å². The van der Waals surface area contributed by atoms with Gasteiger partial charge in [0, 0.05) is 10.6 Å². The van der Waals surface area contributed by atoms with Crippen LogP contribution in [-0.2, 0) is 0 Å². The third-order valence-corrected chi connectivity index (χ3v) is 3.45. The van der Waals surface area contributed by atoms with Crippen molar-refractivity contribution in [3.63, 3.8) is 0 Å². The monoisotopic (exact) mass is 302 g/mol. The number of carbonyl (C=O) groups excluding carboxylic acids is 1. The molecule has 0 bridgehead atoms. The highest BCUT2D eigenvalue weighted by Crippen LogP contribution is 2.18. The number of carbonyl (C=O) groups is 1. The first-order chi connectivity index (χ1) is 10.3. The van der Waals surface area contributed by atoms with Crippen LogP contribution in [0, 0.1) is 0 Å². The van der Waals surface area contributed by atoms with E-state index in [4.69, 9.17) is 4.74 Å². The normalized spacial score (nSPS) is 9.95. The molecule has 0 spiro atoms. The molecular formula is C16H18N2O2S. The number of anilines is 1. The molecule has 0 radical (unpaired) electrons. The molecule has 0 atom stereocenters. The van der Waals surface area contributed by atoms with Crippen molar-refractivity contribution in [3.8, 4) is 5.75 Å². The van der Waals surface area contributed by atoms with E-state index in [0.29, 0.717) is 13.2 Å². The minimum atomic E-state index is -0.232. The highest BCUT2D eigenvalue weighted by atomic mass is 32.2. The molecule has 0 heterocycles. The van der Waals surface area contributed by atoms with Crippen molar-refractivity contribution in [2.75, 3.05) is 24.7 Å². The van der Waals surface area contributed by atoms with Crippen LogP contribution in [0.25, 0.3) is 0 Å². The standard InChI is InChI=1S/C16H18N2O2S/c1-21-15-9-5-6-13(12-15)18-16(19)17-10-11-20-14-7-3-2-4-8-14/h2-9,12H,10-11H2,1H3,(H2,17,18,19). The molecule has 2 aromatic rings. The fraction of sp³-hybridized carbons (Fsp3) is 0.188. The summed E-state index contributed by atoms with van der Waals surface area (Å²) in [6.07, 6.45) is 2.00. The first kappa shape index (κ1) is 15.3. The molecule has 4 nitrogen and oxygen atoms in total. The van der Waals surface area contributed by atoms with Crippen molar-refractivity contribution in [2.24, 2.45) is 0 Å². The molecule has 110 valence electrons. The van der Waals surface area contributed by atoms with Crippen LogP contribution in [0.3, 0.4) is 0 Å². The number of para-hydroxylation sites is 1. The molecule has 5 heteroatoms. The molecule has 0 aliphatic heterocycles. The van der Waals surface area contributed by atoms with Crippen molar-refractivity contribution in [1.82, 2.24) is 5.32 Å². The maximum atomic E-state index is 11.7. The highest BCUT2D eigenvalue weighted by molar-refractivity contribution is 7.98. The second kappa shape index (κ2) is 8.21. The summed E-state index contributed by atoms with van der Waals surface area (Å²) in [6, 6.07) is 17.0. The number of hydrogen-bond donors (Lipinski definition) is 2. The number of thioether (sulfide) groups is 1. The number of amides is 2. The SMILES string of the molecule is CSc1cccc(NC(=O)NCCOc2ccccc2)c1. The van der Waals surface area contributed by atoms with E-state index in [2.05, 4.69) is 10.6 Å². The molecule has 0 saturated heterocycles. The van der Waals surface area contributed by atoms with Crippen molar-refractivity contribution in [3.05, 3.63) is 54.6 Å². The number of benzene rings is 2. The van der Waals surface area contributed by atoms with Crippen LogP contribution in [-0.4, -0.2) is 25.4 Å². The predicted molar refractivity (Wildman–Crippen MR) is 87.2 cm³/mol. The van der Waals surface area contributed by atoms with Gasteiger partial charge in [-0.25, -0.2) is 4.79 Å². The highest BCUT2D eigenvalue weighted by Gasteiger charge is 2.01. The Bertz CT molecular complexity index is 575. The largest absolute Gasteiger partial charge is 0.492 e. The summed E-state index contributed by atoms with van der Waals surface area (Å²) in [5.41, 5.74) is 0.781. The second-order valence-corrected chi connectivity index (χ2v) is 5.15. The second-order valence-electron chi connectivity index (χ2n) is 4.27. The first-order valence-corrected chi connectivity index (χ1v) is 7.87. The van der Waals surface area contributed by atoms with Crippen molar-refractivity contribution < 1.29 is 9.53 Å². The third kappa shape index (κ3) is 5.39. The van der Waals surface area contributed by atoms with Gasteiger partial charge in [-0.15, -0.1) is 11.8 Å². The summed E-state index contributed by atoms with van der Waals surface area (Å²) in [6.45, 7) is 0.880. The molecule has 0 aliphatic rings. The van der Waals surface area contributed by atoms with Gasteiger partial charge in [0.05, 0.1) is 6.54 Å². The van der Waals surface area contributed by atoms with Gasteiger partial charge >= 0.3 is 6.03 Å². The van der Waals surface area contributed by atoms with Crippen molar-refractivity contribution >= 4 is 23.5 Å². The Kier molecular flexibility index (Phi) is 5.97. The van der Waals surface area contributed by atoms with E-state index >= 15 is 0 Å². The Morgan fingerprint density at radius 3 is 2.71 bits per heavy atom. The lowest BCUT2D eigenvalue weighted by Crippen LogP contribution is -2.32. The summed E-state index contributed by atoms with van der Waals surface area (Å²) < 4.78 is 5.50. The Hall–Kier alpha value is -2.14. The molecular weight excluding hydrogens is 284 g/mol. The molecule has 21 heavy (non-hydrogen) atoms. The van der Waals surface area contributed by atoms with Crippen LogP contribution in [0.2, 0.25) is 0 Å².